The molecule has 0 aromatic heterocycles. The molecule has 3 heteroatoms. The van der Waals surface area contributed by atoms with Gasteiger partial charge in [-0.3, -0.25) is 4.90 Å². The average molecular weight is 334 g/mol. The van der Waals surface area contributed by atoms with Gasteiger partial charge in [0.2, 0.25) is 0 Å². The van der Waals surface area contributed by atoms with Crippen LogP contribution in [0.5, 0.6) is 5.75 Å². The number of benzene rings is 1. The second-order valence-electron chi connectivity index (χ2n) is 7.95. The van der Waals surface area contributed by atoms with Crippen molar-refractivity contribution >= 4 is 0 Å². The number of nitrogens with zero attached hydrogens (tertiary/aromatic N) is 1. The van der Waals surface area contributed by atoms with Gasteiger partial charge >= 0.3 is 0 Å². The lowest BCUT2D eigenvalue weighted by Gasteiger charge is -2.27. The molecule has 1 fully saturated rings. The maximum absolute atomic E-state index is 6.08. The summed E-state index contributed by atoms with van der Waals surface area (Å²) in [6.45, 7) is 17.1. The molecule has 1 aliphatic rings. The van der Waals surface area contributed by atoms with Crippen molar-refractivity contribution in [2.75, 3.05) is 39.5 Å². The monoisotopic (exact) mass is 333 g/mol. The summed E-state index contributed by atoms with van der Waals surface area (Å²) in [4.78, 5) is 2.51. The zero-order valence-electron chi connectivity index (χ0n) is 16.3. The zero-order chi connectivity index (χ0) is 17.6. The van der Waals surface area contributed by atoms with E-state index in [-0.39, 0.29) is 5.41 Å². The third-order valence-electron chi connectivity index (χ3n) is 4.64. The van der Waals surface area contributed by atoms with E-state index in [2.05, 4.69) is 51.7 Å². The van der Waals surface area contributed by atoms with Crippen LogP contribution in [0.1, 0.15) is 57.2 Å². The predicted octanol–water partition coefficient (Wildman–Crippen LogP) is 4.35. The van der Waals surface area contributed by atoms with Crippen molar-refractivity contribution in [1.82, 2.24) is 4.90 Å². The van der Waals surface area contributed by atoms with Gasteiger partial charge in [-0.2, -0.15) is 0 Å². The topological polar surface area (TPSA) is 21.7 Å². The molecule has 3 nitrogen and oxygen atoms in total. The Morgan fingerprint density at radius 2 is 1.88 bits per heavy atom. The van der Waals surface area contributed by atoms with Crippen LogP contribution in [0.25, 0.3) is 0 Å². The van der Waals surface area contributed by atoms with Gasteiger partial charge in [-0.1, -0.05) is 39.8 Å². The molecule has 0 N–H and O–H groups in total. The predicted molar refractivity (Wildman–Crippen MR) is 101 cm³/mol. The van der Waals surface area contributed by atoms with Gasteiger partial charge in [0, 0.05) is 18.7 Å². The van der Waals surface area contributed by atoms with Crippen LogP contribution in [0.2, 0.25) is 0 Å². The van der Waals surface area contributed by atoms with Crippen LogP contribution in [0, 0.1) is 6.92 Å². The molecule has 0 saturated carbocycles. The molecular weight excluding hydrogens is 298 g/mol. The molecule has 1 aliphatic heterocycles. The minimum atomic E-state index is 0.105. The van der Waals surface area contributed by atoms with Crippen molar-refractivity contribution in [3.63, 3.8) is 0 Å². The highest BCUT2D eigenvalue weighted by Crippen LogP contribution is 2.35. The Morgan fingerprint density at radius 3 is 2.50 bits per heavy atom. The summed E-state index contributed by atoms with van der Waals surface area (Å²) < 4.78 is 11.5. The average Bonchev–Trinajstić information content (AvgIpc) is 2.53. The second-order valence-corrected chi connectivity index (χ2v) is 7.95. The van der Waals surface area contributed by atoms with E-state index in [1.54, 1.807) is 0 Å². The smallest absolute Gasteiger partial charge is 0.125 e. The van der Waals surface area contributed by atoms with Crippen LogP contribution in [-0.4, -0.2) is 44.4 Å². The molecule has 0 atom stereocenters. The van der Waals surface area contributed by atoms with Gasteiger partial charge in [0.1, 0.15) is 5.75 Å². The first-order chi connectivity index (χ1) is 11.4. The first-order valence-electron chi connectivity index (χ1n) is 9.48. The zero-order valence-corrected chi connectivity index (χ0v) is 16.3. The fraction of sp³-hybridized carbons (Fsp3) is 0.714. The molecule has 1 heterocycles. The summed E-state index contributed by atoms with van der Waals surface area (Å²) in [5, 5.41) is 0. The van der Waals surface area contributed by atoms with Crippen LogP contribution >= 0.6 is 0 Å². The van der Waals surface area contributed by atoms with E-state index in [0.29, 0.717) is 0 Å². The first kappa shape index (κ1) is 19.3. The van der Waals surface area contributed by atoms with Gasteiger partial charge in [-0.25, -0.2) is 0 Å². The Bertz CT molecular complexity index is 513. The first-order valence-corrected chi connectivity index (χ1v) is 9.48. The molecule has 0 amide bonds. The molecule has 0 radical (unpaired) electrons. The lowest BCUT2D eigenvalue weighted by molar-refractivity contribution is 0.0374. The maximum Gasteiger partial charge on any atom is 0.125 e. The van der Waals surface area contributed by atoms with Crippen molar-refractivity contribution in [3.8, 4) is 5.75 Å². The summed E-state index contributed by atoms with van der Waals surface area (Å²) in [7, 11) is 0. The molecule has 24 heavy (non-hydrogen) atoms. The molecule has 0 spiro atoms. The van der Waals surface area contributed by atoms with E-state index in [9.17, 15) is 0 Å². The number of hydrogen-bond donors (Lipinski definition) is 0. The van der Waals surface area contributed by atoms with E-state index < -0.39 is 0 Å². The Labute approximate surface area is 148 Å². The third kappa shape index (κ3) is 5.49. The minimum absolute atomic E-state index is 0.105. The summed E-state index contributed by atoms with van der Waals surface area (Å²) in [6.07, 6.45) is 3.39. The van der Waals surface area contributed by atoms with Gasteiger partial charge in [0.15, 0.2) is 0 Å². The summed E-state index contributed by atoms with van der Waals surface area (Å²) in [6, 6.07) is 4.69. The van der Waals surface area contributed by atoms with Crippen molar-refractivity contribution in [2.45, 2.75) is 59.3 Å². The lowest BCUT2D eigenvalue weighted by Crippen LogP contribution is -2.36. The summed E-state index contributed by atoms with van der Waals surface area (Å²) >= 11 is 0. The Kier molecular flexibility index (Phi) is 7.12. The highest BCUT2D eigenvalue weighted by atomic mass is 16.5. The summed E-state index contributed by atoms with van der Waals surface area (Å²) in [5.41, 5.74) is 4.16. The van der Waals surface area contributed by atoms with Gasteiger partial charge in [0.25, 0.3) is 0 Å². The van der Waals surface area contributed by atoms with Crippen LogP contribution in [-0.2, 0) is 16.6 Å². The van der Waals surface area contributed by atoms with Gasteiger partial charge in [0.05, 0.1) is 19.8 Å². The molecule has 0 unspecified atom stereocenters. The molecule has 2 rings (SSSR count). The van der Waals surface area contributed by atoms with E-state index in [1.165, 1.54) is 29.7 Å². The van der Waals surface area contributed by atoms with Gasteiger partial charge in [-0.15, -0.1) is 0 Å². The Balaban J connectivity index is 2.05. The highest BCUT2D eigenvalue weighted by molar-refractivity contribution is 5.47. The van der Waals surface area contributed by atoms with Gasteiger partial charge in [-0.05, 0) is 49.3 Å². The molecular formula is C21H35NO2. The van der Waals surface area contributed by atoms with E-state index in [0.717, 1.165) is 51.5 Å². The molecule has 0 bridgehead atoms. The van der Waals surface area contributed by atoms with E-state index in [4.69, 9.17) is 9.47 Å². The van der Waals surface area contributed by atoms with Crippen LogP contribution in [0.4, 0.5) is 0 Å². The second kappa shape index (κ2) is 8.87. The normalized spacial score (nSPS) is 16.4. The molecule has 1 aromatic rings. The van der Waals surface area contributed by atoms with Crippen LogP contribution in [0.3, 0.4) is 0 Å². The standard InChI is InChI=1S/C21H35NO2/c1-6-12-24-20-17(2)15-18(16-19(20)21(3,4)5)8-7-9-22-10-13-23-14-11-22/h15-16H,6-14H2,1-5H3. The molecule has 1 aromatic carbocycles. The largest absolute Gasteiger partial charge is 0.493 e. The molecule has 1 saturated heterocycles. The van der Waals surface area contributed by atoms with Crippen molar-refractivity contribution in [2.24, 2.45) is 0 Å². The SMILES string of the molecule is CCCOc1c(C)cc(CCCN2CCOCC2)cc1C(C)(C)C. The number of aryl methyl sites for hydroxylation is 2. The molecule has 0 aliphatic carbocycles. The number of ether oxygens (including phenoxy) is 2. The quantitative estimate of drug-likeness (QED) is 0.740. The highest BCUT2D eigenvalue weighted by Gasteiger charge is 2.21. The fourth-order valence-electron chi connectivity index (χ4n) is 3.28. The number of rotatable bonds is 7. The van der Waals surface area contributed by atoms with Crippen molar-refractivity contribution in [1.29, 1.82) is 0 Å². The Morgan fingerprint density at radius 1 is 1.17 bits per heavy atom. The van der Waals surface area contributed by atoms with Crippen molar-refractivity contribution in [3.05, 3.63) is 28.8 Å². The van der Waals surface area contributed by atoms with Crippen LogP contribution < -0.4 is 4.74 Å². The summed E-state index contributed by atoms with van der Waals surface area (Å²) in [5.74, 6) is 1.10. The van der Waals surface area contributed by atoms with Crippen molar-refractivity contribution < 1.29 is 9.47 Å². The number of morpholine rings is 1. The lowest BCUT2D eigenvalue weighted by atomic mass is 9.83. The van der Waals surface area contributed by atoms with E-state index >= 15 is 0 Å². The third-order valence-corrected chi connectivity index (χ3v) is 4.64. The van der Waals surface area contributed by atoms with Crippen LogP contribution in [0.15, 0.2) is 12.1 Å². The minimum Gasteiger partial charge on any atom is -0.493 e. The Hall–Kier alpha value is -1.06. The van der Waals surface area contributed by atoms with Gasteiger partial charge < -0.3 is 9.47 Å². The fourth-order valence-corrected chi connectivity index (χ4v) is 3.28. The maximum atomic E-state index is 6.08. The van der Waals surface area contributed by atoms with E-state index in [1.807, 2.05) is 0 Å². The molecule has 136 valence electrons. The number of hydrogen-bond acceptors (Lipinski definition) is 3.